The van der Waals surface area contributed by atoms with Gasteiger partial charge in [0.25, 0.3) is 5.91 Å². The molecule has 0 aliphatic carbocycles. The van der Waals surface area contributed by atoms with Crippen molar-refractivity contribution in [2.75, 3.05) is 13.1 Å². The fourth-order valence-electron chi connectivity index (χ4n) is 2.87. The number of nitrogens with zero attached hydrogens (tertiary/aromatic N) is 3. The second kappa shape index (κ2) is 5.15. The number of H-pyrrole nitrogens is 1. The maximum Gasteiger partial charge on any atom is 0.270 e. The first kappa shape index (κ1) is 13.0. The Bertz CT molecular complexity index is 613. The van der Waals surface area contributed by atoms with Crippen LogP contribution in [0.15, 0.2) is 24.5 Å². The largest absolute Gasteiger partial charge is 0.347 e. The third-order valence-electron chi connectivity index (χ3n) is 3.98. The summed E-state index contributed by atoms with van der Waals surface area (Å²) in [6, 6.07) is 3.79. The molecule has 20 heavy (non-hydrogen) atoms. The molecule has 106 valence electrons. The number of nitrogens with one attached hydrogen (secondary N) is 1. The highest BCUT2D eigenvalue weighted by Gasteiger charge is 2.27. The number of carbonyl (C=O) groups excluding carboxylic acids is 1. The van der Waals surface area contributed by atoms with Gasteiger partial charge in [0.1, 0.15) is 11.5 Å². The van der Waals surface area contributed by atoms with E-state index in [4.69, 9.17) is 0 Å². The molecule has 1 N–H and O–H groups in total. The Morgan fingerprint density at radius 2 is 2.35 bits per heavy atom. The molecule has 5 nitrogen and oxygen atoms in total. The highest BCUT2D eigenvalue weighted by Crippen LogP contribution is 2.25. The van der Waals surface area contributed by atoms with Gasteiger partial charge in [-0.2, -0.15) is 0 Å². The van der Waals surface area contributed by atoms with E-state index in [2.05, 4.69) is 9.97 Å². The predicted octanol–water partition coefficient (Wildman–Crippen LogP) is 2.08. The molecule has 3 rings (SSSR count). The van der Waals surface area contributed by atoms with Crippen molar-refractivity contribution in [1.29, 1.82) is 0 Å². The minimum Gasteiger partial charge on any atom is -0.347 e. The average molecular weight is 272 g/mol. The van der Waals surface area contributed by atoms with Gasteiger partial charge in [0, 0.05) is 44.1 Å². The number of imidazole rings is 1. The molecule has 2 aromatic rings. The van der Waals surface area contributed by atoms with Crippen molar-refractivity contribution in [3.63, 3.8) is 0 Å². The van der Waals surface area contributed by atoms with Gasteiger partial charge in [0.05, 0.1) is 0 Å². The number of hydrogen-bond donors (Lipinski definition) is 1. The van der Waals surface area contributed by atoms with Crippen LogP contribution in [0, 0.1) is 6.92 Å². The molecule has 1 aliphatic rings. The monoisotopic (exact) mass is 272 g/mol. The van der Waals surface area contributed by atoms with E-state index in [1.54, 1.807) is 0 Å². The molecule has 3 heterocycles. The lowest BCUT2D eigenvalue weighted by molar-refractivity contribution is 0.0695. The van der Waals surface area contributed by atoms with Gasteiger partial charge < -0.3 is 14.5 Å². The van der Waals surface area contributed by atoms with Gasteiger partial charge in [-0.15, -0.1) is 0 Å². The van der Waals surface area contributed by atoms with Crippen molar-refractivity contribution >= 4 is 5.91 Å². The van der Waals surface area contributed by atoms with Crippen molar-refractivity contribution in [1.82, 2.24) is 19.4 Å². The zero-order valence-electron chi connectivity index (χ0n) is 12.0. The summed E-state index contributed by atoms with van der Waals surface area (Å²) in [5.41, 5.74) is 1.83. The topological polar surface area (TPSA) is 53.9 Å². The maximum atomic E-state index is 12.5. The summed E-state index contributed by atoms with van der Waals surface area (Å²) in [7, 11) is 1.91. The molecule has 5 heteroatoms. The highest BCUT2D eigenvalue weighted by molar-refractivity contribution is 5.92. The Hall–Kier alpha value is -2.04. The minimum absolute atomic E-state index is 0.116. The van der Waals surface area contributed by atoms with Crippen molar-refractivity contribution in [3.05, 3.63) is 41.7 Å². The molecule has 1 atom stereocenters. The van der Waals surface area contributed by atoms with Crippen LogP contribution in [0.25, 0.3) is 0 Å². The van der Waals surface area contributed by atoms with Crippen molar-refractivity contribution < 1.29 is 4.79 Å². The van der Waals surface area contributed by atoms with E-state index >= 15 is 0 Å². The van der Waals surface area contributed by atoms with Crippen LogP contribution in [0.2, 0.25) is 0 Å². The fourth-order valence-corrected chi connectivity index (χ4v) is 2.87. The van der Waals surface area contributed by atoms with Crippen LogP contribution < -0.4 is 0 Å². The summed E-state index contributed by atoms with van der Waals surface area (Å²) in [5.74, 6) is 1.44. The Labute approximate surface area is 118 Å². The molecule has 1 fully saturated rings. The van der Waals surface area contributed by atoms with Gasteiger partial charge >= 0.3 is 0 Å². The standard InChI is InChI=1S/C15H20N4O/c1-11-9-16-14(17-11)12-5-3-8-19(10-12)15(20)13-6-4-7-18(13)2/h4,6-7,9,12H,3,5,8,10H2,1-2H3,(H,16,17)/t12-/m0/s1. The normalized spacial score (nSPS) is 19.3. The molecule has 1 amide bonds. The van der Waals surface area contributed by atoms with E-state index < -0.39 is 0 Å². The smallest absolute Gasteiger partial charge is 0.270 e. The van der Waals surface area contributed by atoms with E-state index in [1.165, 1.54) is 0 Å². The second-order valence-corrected chi connectivity index (χ2v) is 5.55. The average Bonchev–Trinajstić information content (AvgIpc) is 3.07. The Kier molecular flexibility index (Phi) is 3.34. The van der Waals surface area contributed by atoms with Crippen molar-refractivity contribution in [2.24, 2.45) is 7.05 Å². The van der Waals surface area contributed by atoms with Gasteiger partial charge in [-0.1, -0.05) is 0 Å². The van der Waals surface area contributed by atoms with Gasteiger partial charge in [-0.05, 0) is 31.9 Å². The molecule has 1 saturated heterocycles. The molecular formula is C15H20N4O. The summed E-state index contributed by atoms with van der Waals surface area (Å²) < 4.78 is 1.88. The van der Waals surface area contributed by atoms with E-state index in [0.717, 1.165) is 43.1 Å². The number of aromatic nitrogens is 3. The number of likely N-dealkylation sites (tertiary alicyclic amines) is 1. The number of amides is 1. The van der Waals surface area contributed by atoms with E-state index in [0.29, 0.717) is 5.92 Å². The zero-order chi connectivity index (χ0) is 14.1. The fraction of sp³-hybridized carbons (Fsp3) is 0.467. The van der Waals surface area contributed by atoms with E-state index in [1.807, 2.05) is 48.0 Å². The molecular weight excluding hydrogens is 252 g/mol. The predicted molar refractivity (Wildman–Crippen MR) is 76.6 cm³/mol. The number of piperidine rings is 1. The number of rotatable bonds is 2. The summed E-state index contributed by atoms with van der Waals surface area (Å²) in [5, 5.41) is 0. The summed E-state index contributed by atoms with van der Waals surface area (Å²) >= 11 is 0. The lowest BCUT2D eigenvalue weighted by Gasteiger charge is -2.32. The summed E-state index contributed by atoms with van der Waals surface area (Å²) in [6.45, 7) is 3.59. The summed E-state index contributed by atoms with van der Waals surface area (Å²) in [6.07, 6.45) is 5.88. The van der Waals surface area contributed by atoms with Gasteiger partial charge in [0.15, 0.2) is 0 Å². The lowest BCUT2D eigenvalue weighted by Crippen LogP contribution is -2.40. The van der Waals surface area contributed by atoms with Crippen LogP contribution in [0.3, 0.4) is 0 Å². The van der Waals surface area contributed by atoms with Crippen LogP contribution >= 0.6 is 0 Å². The first-order valence-electron chi connectivity index (χ1n) is 7.07. The number of aromatic amines is 1. The van der Waals surface area contributed by atoms with Crippen LogP contribution in [-0.2, 0) is 7.05 Å². The molecule has 1 aliphatic heterocycles. The van der Waals surface area contributed by atoms with Crippen LogP contribution in [-0.4, -0.2) is 38.4 Å². The highest BCUT2D eigenvalue weighted by atomic mass is 16.2. The molecule has 0 spiro atoms. The summed E-state index contributed by atoms with van der Waals surface area (Å²) in [4.78, 5) is 22.2. The molecule has 2 aromatic heterocycles. The first-order chi connectivity index (χ1) is 9.65. The number of aryl methyl sites for hydroxylation is 2. The van der Waals surface area contributed by atoms with Gasteiger partial charge in [-0.25, -0.2) is 4.98 Å². The number of hydrogen-bond acceptors (Lipinski definition) is 2. The quantitative estimate of drug-likeness (QED) is 0.910. The molecule has 0 unspecified atom stereocenters. The van der Waals surface area contributed by atoms with Crippen LogP contribution in [0.4, 0.5) is 0 Å². The Morgan fingerprint density at radius 1 is 1.50 bits per heavy atom. The lowest BCUT2D eigenvalue weighted by atomic mass is 9.97. The number of carbonyl (C=O) groups is 1. The third kappa shape index (κ3) is 2.35. The molecule has 0 aromatic carbocycles. The molecule has 0 saturated carbocycles. The zero-order valence-corrected chi connectivity index (χ0v) is 12.0. The molecule has 0 bridgehead atoms. The Morgan fingerprint density at radius 3 is 3.00 bits per heavy atom. The second-order valence-electron chi connectivity index (χ2n) is 5.55. The molecule has 0 radical (unpaired) electrons. The van der Waals surface area contributed by atoms with E-state index in [-0.39, 0.29) is 5.91 Å². The Balaban J connectivity index is 1.75. The van der Waals surface area contributed by atoms with Crippen molar-refractivity contribution in [2.45, 2.75) is 25.7 Å². The van der Waals surface area contributed by atoms with Gasteiger partial charge in [0.2, 0.25) is 0 Å². The maximum absolute atomic E-state index is 12.5. The minimum atomic E-state index is 0.116. The van der Waals surface area contributed by atoms with Gasteiger partial charge in [-0.3, -0.25) is 4.79 Å². The SMILES string of the molecule is Cc1cnc([C@H]2CCCN(C(=O)c3cccn3C)C2)[nH]1. The van der Waals surface area contributed by atoms with Crippen LogP contribution in [0.1, 0.15) is 40.8 Å². The first-order valence-corrected chi connectivity index (χ1v) is 7.07. The van der Waals surface area contributed by atoms with Crippen LogP contribution in [0.5, 0.6) is 0 Å². The van der Waals surface area contributed by atoms with Crippen molar-refractivity contribution in [3.8, 4) is 0 Å². The third-order valence-corrected chi connectivity index (χ3v) is 3.98. The van der Waals surface area contributed by atoms with E-state index in [9.17, 15) is 4.79 Å².